The lowest BCUT2D eigenvalue weighted by atomic mass is 10.1. The highest BCUT2D eigenvalue weighted by Gasteiger charge is 2.39. The highest BCUT2D eigenvalue weighted by Crippen LogP contribution is 2.30. The normalized spacial score (nSPS) is 21.5. The SMILES string of the molecule is O=C(Cc1c[nH]c2ccccc12)NC1CC(=O)N(C2CC2)C1. The van der Waals surface area contributed by atoms with Gasteiger partial charge in [0.1, 0.15) is 0 Å². The van der Waals surface area contributed by atoms with Crippen LogP contribution in [-0.2, 0) is 16.0 Å². The molecule has 0 spiro atoms. The second-order valence-corrected chi connectivity index (χ2v) is 6.28. The number of hydrogen-bond donors (Lipinski definition) is 2. The summed E-state index contributed by atoms with van der Waals surface area (Å²) in [6, 6.07) is 8.36. The Bertz CT molecular complexity index is 732. The molecule has 114 valence electrons. The zero-order valence-electron chi connectivity index (χ0n) is 12.3. The second kappa shape index (κ2) is 5.16. The van der Waals surface area contributed by atoms with E-state index in [4.69, 9.17) is 0 Å². The molecule has 2 aliphatic rings. The monoisotopic (exact) mass is 297 g/mol. The average Bonchev–Trinajstić information content (AvgIpc) is 3.18. The molecule has 5 nitrogen and oxygen atoms in total. The summed E-state index contributed by atoms with van der Waals surface area (Å²) >= 11 is 0. The van der Waals surface area contributed by atoms with Crippen LogP contribution in [-0.4, -0.2) is 40.3 Å². The van der Waals surface area contributed by atoms with Crippen LogP contribution in [0.2, 0.25) is 0 Å². The molecule has 4 rings (SSSR count). The molecule has 1 saturated carbocycles. The first-order valence-electron chi connectivity index (χ1n) is 7.84. The third-order valence-electron chi connectivity index (χ3n) is 4.54. The standard InChI is InChI=1S/C17H19N3O2/c21-16(7-11-9-18-15-4-2-1-3-14(11)15)19-12-8-17(22)20(10-12)13-5-6-13/h1-4,9,12-13,18H,5-8,10H2,(H,19,21). The van der Waals surface area contributed by atoms with E-state index in [1.807, 2.05) is 35.4 Å². The molecule has 2 amide bonds. The molecule has 2 fully saturated rings. The van der Waals surface area contributed by atoms with Crippen LogP contribution >= 0.6 is 0 Å². The molecule has 2 heterocycles. The van der Waals surface area contributed by atoms with Gasteiger partial charge in [-0.2, -0.15) is 0 Å². The molecule has 1 aromatic carbocycles. The van der Waals surface area contributed by atoms with Gasteiger partial charge in [-0.25, -0.2) is 0 Å². The van der Waals surface area contributed by atoms with Crippen molar-refractivity contribution in [2.45, 2.75) is 37.8 Å². The Kier molecular flexibility index (Phi) is 3.13. The molecule has 2 aromatic rings. The molecule has 22 heavy (non-hydrogen) atoms. The van der Waals surface area contributed by atoms with Crippen molar-refractivity contribution in [2.75, 3.05) is 6.54 Å². The van der Waals surface area contributed by atoms with Crippen molar-refractivity contribution in [3.8, 4) is 0 Å². The van der Waals surface area contributed by atoms with E-state index in [0.29, 0.717) is 25.4 Å². The van der Waals surface area contributed by atoms with Crippen LogP contribution in [0, 0.1) is 0 Å². The average molecular weight is 297 g/mol. The number of amides is 2. The Balaban J connectivity index is 1.39. The van der Waals surface area contributed by atoms with Gasteiger partial charge in [-0.3, -0.25) is 9.59 Å². The van der Waals surface area contributed by atoms with E-state index < -0.39 is 0 Å². The number of likely N-dealkylation sites (tertiary alicyclic amines) is 1. The Hall–Kier alpha value is -2.30. The van der Waals surface area contributed by atoms with Crippen molar-refractivity contribution < 1.29 is 9.59 Å². The molecule has 1 saturated heterocycles. The number of aromatic nitrogens is 1. The molecule has 1 unspecified atom stereocenters. The fourth-order valence-corrected chi connectivity index (χ4v) is 3.30. The van der Waals surface area contributed by atoms with Gasteiger partial charge in [0.25, 0.3) is 0 Å². The summed E-state index contributed by atoms with van der Waals surface area (Å²) in [6.07, 6.45) is 4.90. The molecule has 1 aliphatic heterocycles. The van der Waals surface area contributed by atoms with Gasteiger partial charge in [-0.05, 0) is 24.5 Å². The quantitative estimate of drug-likeness (QED) is 0.900. The molecule has 2 N–H and O–H groups in total. The van der Waals surface area contributed by atoms with Crippen LogP contribution in [0.1, 0.15) is 24.8 Å². The number of nitrogens with one attached hydrogen (secondary N) is 2. The minimum Gasteiger partial charge on any atom is -0.361 e. The summed E-state index contributed by atoms with van der Waals surface area (Å²) < 4.78 is 0. The maximum absolute atomic E-state index is 12.3. The first-order chi connectivity index (χ1) is 10.7. The number of fused-ring (bicyclic) bond motifs is 1. The minimum atomic E-state index is -0.0363. The van der Waals surface area contributed by atoms with Gasteiger partial charge < -0.3 is 15.2 Å². The van der Waals surface area contributed by atoms with Gasteiger partial charge in [-0.1, -0.05) is 18.2 Å². The highest BCUT2D eigenvalue weighted by molar-refractivity contribution is 5.89. The molecule has 1 aromatic heterocycles. The van der Waals surface area contributed by atoms with E-state index >= 15 is 0 Å². The zero-order valence-corrected chi connectivity index (χ0v) is 12.3. The topological polar surface area (TPSA) is 65.2 Å². The molecule has 1 atom stereocenters. The van der Waals surface area contributed by atoms with Crippen LogP contribution < -0.4 is 5.32 Å². The van der Waals surface area contributed by atoms with Crippen LogP contribution in [0.5, 0.6) is 0 Å². The van der Waals surface area contributed by atoms with Crippen LogP contribution in [0.4, 0.5) is 0 Å². The Morgan fingerprint density at radius 2 is 2.14 bits per heavy atom. The fraction of sp³-hybridized carbons (Fsp3) is 0.412. The van der Waals surface area contributed by atoms with E-state index in [2.05, 4.69) is 10.3 Å². The molecular weight excluding hydrogens is 278 g/mol. The summed E-state index contributed by atoms with van der Waals surface area (Å²) in [5, 5.41) is 4.09. The summed E-state index contributed by atoms with van der Waals surface area (Å²) in [5.41, 5.74) is 2.04. The maximum Gasteiger partial charge on any atom is 0.225 e. The third kappa shape index (κ3) is 2.47. The smallest absolute Gasteiger partial charge is 0.225 e. The van der Waals surface area contributed by atoms with Gasteiger partial charge in [-0.15, -0.1) is 0 Å². The molecule has 0 bridgehead atoms. The van der Waals surface area contributed by atoms with Crippen LogP contribution in [0.15, 0.2) is 30.5 Å². The van der Waals surface area contributed by atoms with E-state index in [1.165, 1.54) is 0 Å². The number of carbonyl (C=O) groups is 2. The number of carbonyl (C=O) groups excluding carboxylic acids is 2. The van der Waals surface area contributed by atoms with Crippen LogP contribution in [0.3, 0.4) is 0 Å². The van der Waals surface area contributed by atoms with Crippen molar-refractivity contribution in [3.05, 3.63) is 36.0 Å². The van der Waals surface area contributed by atoms with Crippen molar-refractivity contribution >= 4 is 22.7 Å². The summed E-state index contributed by atoms with van der Waals surface area (Å²) in [6.45, 7) is 0.670. The molecular formula is C17H19N3O2. The summed E-state index contributed by atoms with van der Waals surface area (Å²) in [5.74, 6) is 0.167. The Morgan fingerprint density at radius 3 is 2.95 bits per heavy atom. The van der Waals surface area contributed by atoms with Gasteiger partial charge in [0.05, 0.1) is 12.5 Å². The first-order valence-corrected chi connectivity index (χ1v) is 7.84. The molecule has 1 aliphatic carbocycles. The molecule has 0 radical (unpaired) electrons. The second-order valence-electron chi connectivity index (χ2n) is 6.28. The van der Waals surface area contributed by atoms with Gasteiger partial charge >= 0.3 is 0 Å². The van der Waals surface area contributed by atoms with Crippen molar-refractivity contribution in [1.82, 2.24) is 15.2 Å². The van der Waals surface area contributed by atoms with Gasteiger partial charge in [0, 0.05) is 36.1 Å². The number of para-hydroxylation sites is 1. The Morgan fingerprint density at radius 1 is 1.32 bits per heavy atom. The minimum absolute atomic E-state index is 0.0137. The van der Waals surface area contributed by atoms with Crippen LogP contribution in [0.25, 0.3) is 10.9 Å². The third-order valence-corrected chi connectivity index (χ3v) is 4.54. The van der Waals surface area contributed by atoms with E-state index in [9.17, 15) is 9.59 Å². The first kappa shape index (κ1) is 13.4. The molecule has 5 heteroatoms. The number of nitrogens with zero attached hydrogens (tertiary/aromatic N) is 1. The number of H-pyrrole nitrogens is 1. The largest absolute Gasteiger partial charge is 0.361 e. The predicted molar refractivity (Wildman–Crippen MR) is 83.3 cm³/mol. The van der Waals surface area contributed by atoms with E-state index in [-0.39, 0.29) is 17.9 Å². The lowest BCUT2D eigenvalue weighted by molar-refractivity contribution is -0.128. The summed E-state index contributed by atoms with van der Waals surface area (Å²) in [7, 11) is 0. The zero-order chi connectivity index (χ0) is 15.1. The predicted octanol–water partition coefficient (Wildman–Crippen LogP) is 1.59. The van der Waals surface area contributed by atoms with Gasteiger partial charge in [0.15, 0.2) is 0 Å². The van der Waals surface area contributed by atoms with Crippen molar-refractivity contribution in [3.63, 3.8) is 0 Å². The number of aromatic amines is 1. The van der Waals surface area contributed by atoms with E-state index in [1.54, 1.807) is 0 Å². The fourth-order valence-electron chi connectivity index (χ4n) is 3.30. The maximum atomic E-state index is 12.3. The Labute approximate surface area is 128 Å². The van der Waals surface area contributed by atoms with Crippen molar-refractivity contribution in [2.24, 2.45) is 0 Å². The van der Waals surface area contributed by atoms with Crippen molar-refractivity contribution in [1.29, 1.82) is 0 Å². The number of benzene rings is 1. The number of hydrogen-bond acceptors (Lipinski definition) is 2. The lowest BCUT2D eigenvalue weighted by Gasteiger charge is -2.16. The number of rotatable bonds is 4. The summed E-state index contributed by atoms with van der Waals surface area (Å²) in [4.78, 5) is 29.3. The lowest BCUT2D eigenvalue weighted by Crippen LogP contribution is -2.38. The highest BCUT2D eigenvalue weighted by atomic mass is 16.2. The van der Waals surface area contributed by atoms with Gasteiger partial charge in [0.2, 0.25) is 11.8 Å². The van der Waals surface area contributed by atoms with E-state index in [0.717, 1.165) is 29.3 Å².